The van der Waals surface area contributed by atoms with Gasteiger partial charge in [-0.1, -0.05) is 25.1 Å². The van der Waals surface area contributed by atoms with E-state index in [9.17, 15) is 8.42 Å². The summed E-state index contributed by atoms with van der Waals surface area (Å²) in [6.07, 6.45) is 1.89. The number of aromatic nitrogens is 2. The number of nitrogens with zero attached hydrogens (tertiary/aromatic N) is 2. The zero-order valence-electron chi connectivity index (χ0n) is 12.1. The monoisotopic (exact) mass is 295 g/mol. The minimum Gasteiger partial charge on any atom is -0.313 e. The highest BCUT2D eigenvalue weighted by atomic mass is 32.2. The van der Waals surface area contributed by atoms with E-state index in [0.717, 1.165) is 23.1 Å². The number of hydrogen-bond acceptors (Lipinski definition) is 4. The molecule has 0 aliphatic heterocycles. The maximum Gasteiger partial charge on any atom is 0.148 e. The van der Waals surface area contributed by atoms with Gasteiger partial charge in [-0.2, -0.15) is 5.10 Å². The van der Waals surface area contributed by atoms with Gasteiger partial charge in [0, 0.05) is 31.2 Å². The lowest BCUT2D eigenvalue weighted by Gasteiger charge is -2.15. The Morgan fingerprint density at radius 1 is 1.35 bits per heavy atom. The number of para-hydroxylation sites is 1. The lowest BCUT2D eigenvalue weighted by molar-refractivity contribution is 0.539. The molecule has 2 rings (SSSR count). The molecule has 1 atom stereocenters. The second kappa shape index (κ2) is 5.93. The normalized spacial score (nSPS) is 13.8. The molecule has 2 aromatic rings. The Morgan fingerprint density at radius 2 is 2.05 bits per heavy atom. The van der Waals surface area contributed by atoms with Crippen LogP contribution < -0.4 is 5.32 Å². The van der Waals surface area contributed by atoms with Crippen LogP contribution in [0.4, 0.5) is 0 Å². The summed E-state index contributed by atoms with van der Waals surface area (Å²) in [6, 6.07) is 7.90. The molecular formula is C14H21N3O2S. The van der Waals surface area contributed by atoms with Crippen LogP contribution in [-0.2, 0) is 23.3 Å². The smallest absolute Gasteiger partial charge is 0.148 e. The van der Waals surface area contributed by atoms with Gasteiger partial charge in [-0.15, -0.1) is 0 Å². The highest BCUT2D eigenvalue weighted by Gasteiger charge is 2.18. The SMILES string of the molecule is CCNC(Cc1nn(C)c2ccccc12)CS(C)(=O)=O. The van der Waals surface area contributed by atoms with Gasteiger partial charge in [0.05, 0.1) is 17.0 Å². The van der Waals surface area contributed by atoms with Gasteiger partial charge >= 0.3 is 0 Å². The highest BCUT2D eigenvalue weighted by molar-refractivity contribution is 7.90. The summed E-state index contributed by atoms with van der Waals surface area (Å²) in [6.45, 7) is 2.72. The molecule has 6 heteroatoms. The van der Waals surface area contributed by atoms with Crippen molar-refractivity contribution < 1.29 is 8.42 Å². The first kappa shape index (κ1) is 15.0. The third-order valence-corrected chi connectivity index (χ3v) is 4.28. The van der Waals surface area contributed by atoms with Gasteiger partial charge in [0.15, 0.2) is 0 Å². The Labute approximate surface area is 119 Å². The van der Waals surface area contributed by atoms with Crippen molar-refractivity contribution in [3.63, 3.8) is 0 Å². The predicted octanol–water partition coefficient (Wildman–Crippen LogP) is 1.14. The maximum atomic E-state index is 11.5. The average Bonchev–Trinajstić information content (AvgIpc) is 2.65. The lowest BCUT2D eigenvalue weighted by atomic mass is 10.1. The first-order valence-corrected chi connectivity index (χ1v) is 8.78. The number of nitrogens with one attached hydrogen (secondary N) is 1. The molecule has 20 heavy (non-hydrogen) atoms. The molecule has 110 valence electrons. The molecule has 0 saturated carbocycles. The summed E-state index contributed by atoms with van der Waals surface area (Å²) in [4.78, 5) is 0. The van der Waals surface area contributed by atoms with Gasteiger partial charge in [0.25, 0.3) is 0 Å². The summed E-state index contributed by atoms with van der Waals surface area (Å²) in [5.74, 6) is 0.131. The molecule has 1 unspecified atom stereocenters. The van der Waals surface area contributed by atoms with Crippen LogP contribution in [0.15, 0.2) is 24.3 Å². The molecule has 0 aliphatic rings. The third-order valence-electron chi connectivity index (χ3n) is 3.27. The van der Waals surface area contributed by atoms with Crippen LogP contribution in [0.5, 0.6) is 0 Å². The summed E-state index contributed by atoms with van der Waals surface area (Å²) in [5, 5.41) is 8.85. The van der Waals surface area contributed by atoms with E-state index in [-0.39, 0.29) is 11.8 Å². The zero-order chi connectivity index (χ0) is 14.8. The first-order chi connectivity index (χ1) is 9.40. The number of sulfone groups is 1. The van der Waals surface area contributed by atoms with Gasteiger partial charge < -0.3 is 5.32 Å². The topological polar surface area (TPSA) is 64.0 Å². The molecule has 1 N–H and O–H groups in total. The largest absolute Gasteiger partial charge is 0.313 e. The number of aryl methyl sites for hydroxylation is 1. The molecule has 5 nitrogen and oxygen atoms in total. The van der Waals surface area contributed by atoms with Crippen LogP contribution in [0.2, 0.25) is 0 Å². The summed E-state index contributed by atoms with van der Waals surface area (Å²) >= 11 is 0. The van der Waals surface area contributed by atoms with Gasteiger partial charge in [0.1, 0.15) is 9.84 Å². The third kappa shape index (κ3) is 3.58. The van der Waals surface area contributed by atoms with E-state index < -0.39 is 9.84 Å². The van der Waals surface area contributed by atoms with Crippen LogP contribution >= 0.6 is 0 Å². The summed E-state index contributed by atoms with van der Waals surface area (Å²) < 4.78 is 24.9. The Morgan fingerprint density at radius 3 is 2.70 bits per heavy atom. The number of likely N-dealkylation sites (N-methyl/N-ethyl adjacent to an activating group) is 1. The number of hydrogen-bond donors (Lipinski definition) is 1. The molecule has 0 amide bonds. The molecule has 1 aromatic heterocycles. The highest BCUT2D eigenvalue weighted by Crippen LogP contribution is 2.19. The quantitative estimate of drug-likeness (QED) is 0.868. The minimum absolute atomic E-state index is 0.103. The Hall–Kier alpha value is -1.40. The second-order valence-corrected chi connectivity index (χ2v) is 7.32. The number of rotatable bonds is 6. The summed E-state index contributed by atoms with van der Waals surface area (Å²) in [5.41, 5.74) is 2.01. The predicted molar refractivity (Wildman–Crippen MR) is 81.6 cm³/mol. The zero-order valence-corrected chi connectivity index (χ0v) is 12.9. The van der Waals surface area contributed by atoms with E-state index in [1.54, 1.807) is 0 Å². The van der Waals surface area contributed by atoms with Crippen LogP contribution in [0.1, 0.15) is 12.6 Å². The van der Waals surface area contributed by atoms with Crippen molar-refractivity contribution in [1.29, 1.82) is 0 Å². The van der Waals surface area contributed by atoms with Crippen LogP contribution in [0, 0.1) is 0 Å². The van der Waals surface area contributed by atoms with Gasteiger partial charge in [-0.25, -0.2) is 8.42 Å². The van der Waals surface area contributed by atoms with Crippen molar-refractivity contribution in [2.75, 3.05) is 18.6 Å². The van der Waals surface area contributed by atoms with E-state index in [1.165, 1.54) is 6.26 Å². The molecule has 0 fully saturated rings. The van der Waals surface area contributed by atoms with E-state index >= 15 is 0 Å². The van der Waals surface area contributed by atoms with Gasteiger partial charge in [-0.3, -0.25) is 4.68 Å². The van der Waals surface area contributed by atoms with Crippen LogP contribution in [-0.4, -0.2) is 42.8 Å². The average molecular weight is 295 g/mol. The Balaban J connectivity index is 2.29. The Kier molecular flexibility index (Phi) is 4.45. The number of benzene rings is 1. The standard InChI is InChI=1S/C14H21N3O2S/c1-4-15-11(10-20(3,18)19)9-13-12-7-5-6-8-14(12)17(2)16-13/h5-8,11,15H,4,9-10H2,1-3H3. The molecule has 1 aromatic carbocycles. The van der Waals surface area contributed by atoms with Crippen molar-refractivity contribution in [2.45, 2.75) is 19.4 Å². The van der Waals surface area contributed by atoms with Crippen molar-refractivity contribution in [3.05, 3.63) is 30.0 Å². The molecule has 1 heterocycles. The minimum atomic E-state index is -3.01. The van der Waals surface area contributed by atoms with E-state index in [4.69, 9.17) is 0 Å². The van der Waals surface area contributed by atoms with E-state index in [2.05, 4.69) is 10.4 Å². The maximum absolute atomic E-state index is 11.5. The second-order valence-electron chi connectivity index (χ2n) is 5.14. The molecule has 0 radical (unpaired) electrons. The first-order valence-electron chi connectivity index (χ1n) is 6.72. The molecule has 0 aliphatic carbocycles. The molecular weight excluding hydrogens is 274 g/mol. The number of fused-ring (bicyclic) bond motifs is 1. The van der Waals surface area contributed by atoms with Crippen molar-refractivity contribution >= 4 is 20.7 Å². The van der Waals surface area contributed by atoms with Crippen LogP contribution in [0.3, 0.4) is 0 Å². The van der Waals surface area contributed by atoms with Crippen molar-refractivity contribution in [2.24, 2.45) is 7.05 Å². The van der Waals surface area contributed by atoms with Gasteiger partial charge in [0.2, 0.25) is 0 Å². The van der Waals surface area contributed by atoms with E-state index in [1.807, 2.05) is 42.9 Å². The molecule has 0 spiro atoms. The fourth-order valence-corrected chi connectivity index (χ4v) is 3.48. The van der Waals surface area contributed by atoms with Crippen LogP contribution in [0.25, 0.3) is 10.9 Å². The fraction of sp³-hybridized carbons (Fsp3) is 0.500. The molecule has 0 bridgehead atoms. The fourth-order valence-electron chi connectivity index (χ4n) is 2.52. The van der Waals surface area contributed by atoms with Crippen molar-refractivity contribution in [1.82, 2.24) is 15.1 Å². The Bertz CT molecular complexity index is 692. The van der Waals surface area contributed by atoms with E-state index in [0.29, 0.717) is 6.42 Å². The summed E-state index contributed by atoms with van der Waals surface area (Å²) in [7, 11) is -1.10. The van der Waals surface area contributed by atoms with Crippen molar-refractivity contribution in [3.8, 4) is 0 Å². The molecule has 0 saturated heterocycles. The van der Waals surface area contributed by atoms with Gasteiger partial charge in [-0.05, 0) is 12.6 Å². The lowest BCUT2D eigenvalue weighted by Crippen LogP contribution is -2.37.